The van der Waals surface area contributed by atoms with E-state index in [2.05, 4.69) is 31.6 Å². The molecule has 2 bridgehead atoms. The van der Waals surface area contributed by atoms with Crippen LogP contribution in [0.1, 0.15) is 38.5 Å². The molecule has 35 heavy (non-hydrogen) atoms. The minimum Gasteiger partial charge on any atom is -0.340 e. The number of carbonyl (C=O) groups excluding carboxylic acids is 1. The van der Waals surface area contributed by atoms with Crippen LogP contribution in [0.25, 0.3) is 0 Å². The van der Waals surface area contributed by atoms with E-state index in [9.17, 15) is 13.6 Å². The Labute approximate surface area is 204 Å². The number of nitrogens with one attached hydrogen (secondary N) is 2. The molecule has 3 unspecified atom stereocenters. The van der Waals surface area contributed by atoms with Crippen LogP contribution in [-0.2, 0) is 4.79 Å². The van der Waals surface area contributed by atoms with Gasteiger partial charge in [-0.3, -0.25) is 4.79 Å². The first-order valence-electron chi connectivity index (χ1n) is 12.4. The van der Waals surface area contributed by atoms with Gasteiger partial charge in [-0.1, -0.05) is 6.42 Å². The van der Waals surface area contributed by atoms with E-state index in [1.165, 1.54) is 0 Å². The topological polar surface area (TPSA) is 121 Å². The molecule has 0 aromatic carbocycles. The van der Waals surface area contributed by atoms with Crippen molar-refractivity contribution >= 4 is 11.9 Å². The van der Waals surface area contributed by atoms with Crippen molar-refractivity contribution in [1.82, 2.24) is 25.5 Å². The van der Waals surface area contributed by atoms with Crippen molar-refractivity contribution < 1.29 is 13.6 Å². The molecule has 4 atom stereocenters. The summed E-state index contributed by atoms with van der Waals surface area (Å²) in [5.41, 5.74) is 0. The maximum absolute atomic E-state index is 13.6. The average molecular weight is 487 g/mol. The number of anilines is 1. The number of likely N-dealkylation sites (tertiary alicyclic amines) is 1. The van der Waals surface area contributed by atoms with Gasteiger partial charge in [0.15, 0.2) is 0 Å². The van der Waals surface area contributed by atoms with Gasteiger partial charge in [0.25, 0.3) is 5.92 Å². The third-order valence-corrected chi connectivity index (χ3v) is 7.35. The predicted octanol–water partition coefficient (Wildman–Crippen LogP) is 1.69. The van der Waals surface area contributed by atoms with Crippen molar-refractivity contribution in [1.29, 1.82) is 10.5 Å². The third-order valence-electron chi connectivity index (χ3n) is 7.35. The van der Waals surface area contributed by atoms with Crippen LogP contribution in [0, 0.1) is 34.5 Å². The molecule has 3 saturated heterocycles. The first-order valence-corrected chi connectivity index (χ1v) is 12.4. The molecule has 11 heteroatoms. The van der Waals surface area contributed by atoms with Crippen LogP contribution in [0.2, 0.25) is 0 Å². The highest BCUT2D eigenvalue weighted by molar-refractivity contribution is 5.79. The number of rotatable bonds is 4. The Morgan fingerprint density at radius 1 is 1.14 bits per heavy atom. The third kappa shape index (κ3) is 6.22. The molecule has 188 valence electrons. The Bertz CT molecular complexity index is 929. The molecule has 9 nitrogen and oxygen atoms in total. The maximum atomic E-state index is 13.6. The van der Waals surface area contributed by atoms with E-state index < -0.39 is 30.8 Å². The van der Waals surface area contributed by atoms with Crippen LogP contribution in [-0.4, -0.2) is 77.5 Å². The second kappa shape index (κ2) is 11.2. The van der Waals surface area contributed by atoms with Gasteiger partial charge in [0.1, 0.15) is 6.04 Å². The summed E-state index contributed by atoms with van der Waals surface area (Å²) < 4.78 is 27.2. The normalized spacial score (nSPS) is 31.1. The molecule has 5 rings (SSSR count). The molecule has 0 radical (unpaired) electrons. The van der Waals surface area contributed by atoms with Crippen molar-refractivity contribution in [2.75, 3.05) is 37.6 Å². The van der Waals surface area contributed by atoms with E-state index in [0.717, 1.165) is 62.6 Å². The molecule has 1 saturated carbocycles. The number of aromatic nitrogens is 2. The summed E-state index contributed by atoms with van der Waals surface area (Å²) in [4.78, 5) is 24.4. The van der Waals surface area contributed by atoms with Gasteiger partial charge in [0, 0.05) is 37.9 Å². The minimum atomic E-state index is -2.98. The van der Waals surface area contributed by atoms with Gasteiger partial charge in [-0.05, 0) is 50.1 Å². The van der Waals surface area contributed by atoms with Gasteiger partial charge in [0.2, 0.25) is 11.9 Å². The van der Waals surface area contributed by atoms with Crippen LogP contribution in [0.5, 0.6) is 0 Å². The van der Waals surface area contributed by atoms with E-state index in [1.54, 1.807) is 18.5 Å². The van der Waals surface area contributed by atoms with E-state index in [4.69, 9.17) is 10.5 Å². The molecule has 3 aliphatic heterocycles. The lowest BCUT2D eigenvalue weighted by Gasteiger charge is -2.47. The quantitative estimate of drug-likeness (QED) is 0.660. The number of hydrogen-bond acceptors (Lipinski definition) is 8. The van der Waals surface area contributed by atoms with Crippen LogP contribution in [0.15, 0.2) is 18.5 Å². The number of fused-ring (bicyclic) bond motifs is 2. The van der Waals surface area contributed by atoms with Crippen molar-refractivity contribution in [3.63, 3.8) is 0 Å². The molecule has 1 amide bonds. The van der Waals surface area contributed by atoms with Gasteiger partial charge in [-0.2, -0.15) is 10.5 Å². The summed E-state index contributed by atoms with van der Waals surface area (Å²) >= 11 is 0. The molecule has 0 spiro atoms. The van der Waals surface area contributed by atoms with E-state index in [-0.39, 0.29) is 18.6 Å². The smallest absolute Gasteiger partial charge is 0.268 e. The van der Waals surface area contributed by atoms with Crippen molar-refractivity contribution in [2.24, 2.45) is 11.8 Å². The molecular weight excluding hydrogens is 454 g/mol. The number of carbonyl (C=O) groups is 1. The van der Waals surface area contributed by atoms with Crippen LogP contribution >= 0.6 is 0 Å². The minimum absolute atomic E-state index is 0.00619. The number of alkyl halides is 2. The molecule has 4 heterocycles. The SMILES string of the molecule is N#CC1CCCN1.N#C[C@@H]1CC(F)(F)CN1C(=O)CNC1C2CCCC1CN(c1ncccn1)C2. The van der Waals surface area contributed by atoms with Gasteiger partial charge < -0.3 is 20.4 Å². The fourth-order valence-electron chi connectivity index (χ4n) is 5.68. The summed E-state index contributed by atoms with van der Waals surface area (Å²) in [5.74, 6) is -1.96. The van der Waals surface area contributed by atoms with Crippen LogP contribution < -0.4 is 15.5 Å². The molecule has 4 fully saturated rings. The highest BCUT2D eigenvalue weighted by Gasteiger charge is 2.47. The summed E-state index contributed by atoms with van der Waals surface area (Å²) in [7, 11) is 0. The van der Waals surface area contributed by atoms with E-state index in [0.29, 0.717) is 11.8 Å². The molecule has 1 aromatic rings. The maximum Gasteiger partial charge on any atom is 0.268 e. The van der Waals surface area contributed by atoms with Crippen molar-refractivity contribution in [3.8, 4) is 12.1 Å². The summed E-state index contributed by atoms with van der Waals surface area (Å²) in [6.07, 6.45) is 8.35. The van der Waals surface area contributed by atoms with Gasteiger partial charge in [-0.15, -0.1) is 0 Å². The predicted molar refractivity (Wildman–Crippen MR) is 124 cm³/mol. The highest BCUT2D eigenvalue weighted by atomic mass is 19.3. The number of halogens is 2. The van der Waals surface area contributed by atoms with Gasteiger partial charge in [0.05, 0.1) is 31.3 Å². The summed E-state index contributed by atoms with van der Waals surface area (Å²) in [6.45, 7) is 1.98. The lowest BCUT2D eigenvalue weighted by atomic mass is 9.73. The van der Waals surface area contributed by atoms with Crippen molar-refractivity contribution in [2.45, 2.75) is 62.6 Å². The summed E-state index contributed by atoms with van der Waals surface area (Å²) in [5, 5.41) is 23.7. The molecule has 4 aliphatic rings. The first kappa shape index (κ1) is 25.2. The van der Waals surface area contributed by atoms with Crippen LogP contribution in [0.4, 0.5) is 14.7 Å². The van der Waals surface area contributed by atoms with Crippen LogP contribution in [0.3, 0.4) is 0 Å². The Balaban J connectivity index is 0.000000356. The van der Waals surface area contributed by atoms with Gasteiger partial charge in [-0.25, -0.2) is 18.7 Å². The lowest BCUT2D eigenvalue weighted by Crippen LogP contribution is -2.59. The van der Waals surface area contributed by atoms with E-state index >= 15 is 0 Å². The fourth-order valence-corrected chi connectivity index (χ4v) is 5.68. The number of nitrogens with zero attached hydrogens (tertiary/aromatic N) is 6. The molecule has 2 N–H and O–H groups in total. The molecule has 1 aliphatic carbocycles. The zero-order valence-corrected chi connectivity index (χ0v) is 19.7. The zero-order valence-electron chi connectivity index (χ0n) is 19.7. The lowest BCUT2D eigenvalue weighted by molar-refractivity contribution is -0.131. The summed E-state index contributed by atoms with van der Waals surface area (Å²) in [6, 6.07) is 5.05. The van der Waals surface area contributed by atoms with E-state index in [1.807, 2.05) is 6.07 Å². The standard InChI is InChI=1S/C19H24F2N6O.C5H8N2/c20-19(21)7-15(8-22)27(12-19)16(28)9-25-17-13-3-1-4-14(17)11-26(10-13)18-23-5-2-6-24-18;6-4-5-2-1-3-7-5/h2,5-6,13-15,17,25H,1,3-4,7,9-12H2;5,7H,1-3H2/t13?,14?,15-,17?;/m0./s1. The number of hydrogen-bond donors (Lipinski definition) is 2. The molecular formula is C24H32F2N8O. The monoisotopic (exact) mass is 486 g/mol. The van der Waals surface area contributed by atoms with Crippen molar-refractivity contribution in [3.05, 3.63) is 18.5 Å². The number of nitriles is 2. The zero-order chi connectivity index (χ0) is 24.8. The second-order valence-corrected chi connectivity index (χ2v) is 9.82. The van der Waals surface area contributed by atoms with Gasteiger partial charge >= 0.3 is 0 Å². The fraction of sp³-hybridized carbons (Fsp3) is 0.708. The number of amides is 1. The highest BCUT2D eigenvalue weighted by Crippen LogP contribution is 2.36. The first-order chi connectivity index (χ1) is 16.9. The average Bonchev–Trinajstić information content (AvgIpc) is 3.50. The molecule has 1 aromatic heterocycles. The Kier molecular flexibility index (Phi) is 8.09. The Morgan fingerprint density at radius 2 is 1.86 bits per heavy atom. The Hall–Kier alpha value is -2.89. The number of piperidine rings is 1. The largest absolute Gasteiger partial charge is 0.340 e. The Morgan fingerprint density at radius 3 is 2.43 bits per heavy atom. The second-order valence-electron chi connectivity index (χ2n) is 9.82.